The summed E-state index contributed by atoms with van der Waals surface area (Å²) in [5, 5.41) is 0.712. The van der Waals surface area contributed by atoms with Crippen LogP contribution in [0, 0.1) is 0 Å². The standard InChI is InChI=1S/C13H16Cl2N4O/c1-7-5-19(6-8(2)20-7)13-17-11-9(18(13)3)4-10(14)16-12(11)15/h4,7-8H,5-6H2,1-3H3/t7-,8-/m1/s1. The van der Waals surface area contributed by atoms with Gasteiger partial charge in [-0.2, -0.15) is 0 Å². The maximum atomic E-state index is 6.13. The van der Waals surface area contributed by atoms with Gasteiger partial charge in [0.2, 0.25) is 5.95 Å². The molecule has 1 aliphatic rings. The maximum absolute atomic E-state index is 6.13. The van der Waals surface area contributed by atoms with Gasteiger partial charge in [0, 0.05) is 26.2 Å². The van der Waals surface area contributed by atoms with Gasteiger partial charge in [-0.05, 0) is 13.8 Å². The largest absolute Gasteiger partial charge is 0.372 e. The molecule has 1 fully saturated rings. The van der Waals surface area contributed by atoms with Crippen LogP contribution in [0.3, 0.4) is 0 Å². The van der Waals surface area contributed by atoms with Crippen LogP contribution in [0.15, 0.2) is 6.07 Å². The van der Waals surface area contributed by atoms with Gasteiger partial charge in [-0.25, -0.2) is 9.97 Å². The Morgan fingerprint density at radius 1 is 1.20 bits per heavy atom. The van der Waals surface area contributed by atoms with Gasteiger partial charge in [-0.15, -0.1) is 0 Å². The summed E-state index contributed by atoms with van der Waals surface area (Å²) in [4.78, 5) is 10.9. The van der Waals surface area contributed by atoms with E-state index in [1.165, 1.54) is 0 Å². The van der Waals surface area contributed by atoms with E-state index < -0.39 is 0 Å². The van der Waals surface area contributed by atoms with Crippen LogP contribution in [-0.4, -0.2) is 39.8 Å². The molecule has 0 aliphatic carbocycles. The molecule has 0 radical (unpaired) electrons. The van der Waals surface area contributed by atoms with Crippen molar-refractivity contribution >= 4 is 40.2 Å². The van der Waals surface area contributed by atoms with Gasteiger partial charge < -0.3 is 14.2 Å². The van der Waals surface area contributed by atoms with Crippen LogP contribution < -0.4 is 4.90 Å². The Kier molecular flexibility index (Phi) is 3.52. The van der Waals surface area contributed by atoms with Crippen LogP contribution >= 0.6 is 23.2 Å². The molecule has 2 aromatic heterocycles. The maximum Gasteiger partial charge on any atom is 0.206 e. The number of anilines is 1. The zero-order valence-electron chi connectivity index (χ0n) is 11.6. The van der Waals surface area contributed by atoms with Crippen LogP contribution in [0.1, 0.15) is 13.8 Å². The van der Waals surface area contributed by atoms with Crippen molar-refractivity contribution in [1.82, 2.24) is 14.5 Å². The van der Waals surface area contributed by atoms with Gasteiger partial charge in [0.15, 0.2) is 5.15 Å². The molecule has 3 rings (SSSR count). The van der Waals surface area contributed by atoms with Crippen molar-refractivity contribution < 1.29 is 4.74 Å². The first kappa shape index (κ1) is 13.9. The average Bonchev–Trinajstić information content (AvgIpc) is 2.66. The van der Waals surface area contributed by atoms with Crippen molar-refractivity contribution in [2.75, 3.05) is 18.0 Å². The minimum Gasteiger partial charge on any atom is -0.372 e. The normalized spacial score (nSPS) is 23.6. The molecule has 7 heteroatoms. The summed E-state index contributed by atoms with van der Waals surface area (Å²) in [5.74, 6) is 0.868. The summed E-state index contributed by atoms with van der Waals surface area (Å²) in [6.07, 6.45) is 0.353. The van der Waals surface area contributed by atoms with Crippen LogP contribution in [0.4, 0.5) is 5.95 Å². The quantitative estimate of drug-likeness (QED) is 0.759. The SMILES string of the molecule is C[C@@H]1CN(c2nc3c(Cl)nc(Cl)cc3n2C)C[C@@H](C)O1. The summed E-state index contributed by atoms with van der Waals surface area (Å²) in [5.41, 5.74) is 1.57. The topological polar surface area (TPSA) is 43.2 Å². The van der Waals surface area contributed by atoms with Gasteiger partial charge in [-0.1, -0.05) is 23.2 Å². The lowest BCUT2D eigenvalue weighted by Gasteiger charge is -2.35. The average molecular weight is 315 g/mol. The van der Waals surface area contributed by atoms with Gasteiger partial charge in [-0.3, -0.25) is 0 Å². The molecule has 0 amide bonds. The Bertz CT molecular complexity index is 647. The Labute approximate surface area is 127 Å². The molecule has 0 saturated carbocycles. The number of aryl methyl sites for hydroxylation is 1. The van der Waals surface area contributed by atoms with E-state index in [0.717, 1.165) is 24.6 Å². The number of hydrogen-bond acceptors (Lipinski definition) is 4. The molecule has 0 bridgehead atoms. The number of aromatic nitrogens is 3. The molecule has 2 aromatic rings. The van der Waals surface area contributed by atoms with E-state index in [9.17, 15) is 0 Å². The van der Waals surface area contributed by atoms with Gasteiger partial charge in [0.25, 0.3) is 0 Å². The zero-order valence-corrected chi connectivity index (χ0v) is 13.1. The van der Waals surface area contributed by atoms with Crippen molar-refractivity contribution in [3.63, 3.8) is 0 Å². The fourth-order valence-corrected chi connectivity index (χ4v) is 3.19. The Morgan fingerprint density at radius 3 is 2.50 bits per heavy atom. The molecule has 0 aromatic carbocycles. The number of imidazole rings is 1. The molecule has 20 heavy (non-hydrogen) atoms. The first-order valence-corrected chi connectivity index (χ1v) is 7.30. The first-order chi connectivity index (χ1) is 9.45. The first-order valence-electron chi connectivity index (χ1n) is 6.54. The van der Waals surface area contributed by atoms with Crippen molar-refractivity contribution in [3.05, 3.63) is 16.4 Å². The van der Waals surface area contributed by atoms with E-state index in [4.69, 9.17) is 27.9 Å². The summed E-state index contributed by atoms with van der Waals surface area (Å²) in [7, 11) is 1.96. The zero-order chi connectivity index (χ0) is 14.4. The van der Waals surface area contributed by atoms with E-state index >= 15 is 0 Å². The molecule has 0 unspecified atom stereocenters. The highest BCUT2D eigenvalue weighted by atomic mass is 35.5. The molecule has 1 saturated heterocycles. The van der Waals surface area contributed by atoms with Gasteiger partial charge >= 0.3 is 0 Å². The Balaban J connectivity index is 2.08. The summed E-state index contributed by atoms with van der Waals surface area (Å²) in [6.45, 7) is 5.74. The molecular weight excluding hydrogens is 299 g/mol. The number of pyridine rings is 1. The molecule has 0 N–H and O–H groups in total. The second-order valence-corrected chi connectivity index (χ2v) is 5.98. The van der Waals surface area contributed by atoms with Crippen LogP contribution in [0.5, 0.6) is 0 Å². The lowest BCUT2D eigenvalue weighted by molar-refractivity contribution is -0.00582. The van der Waals surface area contributed by atoms with E-state index in [0.29, 0.717) is 15.8 Å². The lowest BCUT2D eigenvalue weighted by Crippen LogP contribution is -2.46. The van der Waals surface area contributed by atoms with Crippen molar-refractivity contribution in [3.8, 4) is 0 Å². The highest BCUT2D eigenvalue weighted by Crippen LogP contribution is 2.29. The third-order valence-electron chi connectivity index (χ3n) is 3.47. The summed E-state index contributed by atoms with van der Waals surface area (Å²) < 4.78 is 7.76. The number of fused-ring (bicyclic) bond motifs is 1. The third-order valence-corrected chi connectivity index (χ3v) is 3.93. The third kappa shape index (κ3) is 2.34. The van der Waals surface area contributed by atoms with E-state index in [-0.39, 0.29) is 12.2 Å². The van der Waals surface area contributed by atoms with Gasteiger partial charge in [0.1, 0.15) is 10.7 Å². The fraction of sp³-hybridized carbons (Fsp3) is 0.538. The van der Waals surface area contributed by atoms with E-state index in [2.05, 4.69) is 28.7 Å². The minimum atomic E-state index is 0.177. The Hall–Kier alpha value is -1.04. The molecule has 108 valence electrons. The monoisotopic (exact) mass is 314 g/mol. The minimum absolute atomic E-state index is 0.177. The summed E-state index contributed by atoms with van der Waals surface area (Å²) in [6, 6.07) is 1.78. The van der Waals surface area contributed by atoms with Crippen LogP contribution in [0.25, 0.3) is 11.0 Å². The lowest BCUT2D eigenvalue weighted by atomic mass is 10.2. The van der Waals surface area contributed by atoms with Crippen LogP contribution in [-0.2, 0) is 11.8 Å². The molecule has 1 aliphatic heterocycles. The number of nitrogens with zero attached hydrogens (tertiary/aromatic N) is 4. The van der Waals surface area contributed by atoms with E-state index in [1.807, 2.05) is 11.6 Å². The molecule has 3 heterocycles. The highest BCUT2D eigenvalue weighted by Gasteiger charge is 2.26. The molecule has 2 atom stereocenters. The van der Waals surface area contributed by atoms with Gasteiger partial charge in [0.05, 0.1) is 17.7 Å². The second kappa shape index (κ2) is 5.06. The number of halogens is 2. The molecule has 5 nitrogen and oxygen atoms in total. The molecule has 0 spiro atoms. The predicted octanol–water partition coefficient (Wildman–Crippen LogP) is 2.89. The molecular formula is C13H16Cl2N4O. The Morgan fingerprint density at radius 2 is 1.85 bits per heavy atom. The summed E-state index contributed by atoms with van der Waals surface area (Å²) >= 11 is 12.1. The number of hydrogen-bond donors (Lipinski definition) is 0. The predicted molar refractivity (Wildman–Crippen MR) is 80.8 cm³/mol. The van der Waals surface area contributed by atoms with Crippen molar-refractivity contribution in [2.24, 2.45) is 7.05 Å². The second-order valence-electron chi connectivity index (χ2n) is 5.24. The number of rotatable bonds is 1. The van der Waals surface area contributed by atoms with Crippen molar-refractivity contribution in [1.29, 1.82) is 0 Å². The van der Waals surface area contributed by atoms with E-state index in [1.54, 1.807) is 6.07 Å². The fourth-order valence-electron chi connectivity index (χ4n) is 2.73. The van der Waals surface area contributed by atoms with Crippen molar-refractivity contribution in [2.45, 2.75) is 26.1 Å². The number of morpholine rings is 1. The smallest absolute Gasteiger partial charge is 0.206 e. The number of ether oxygens (including phenoxy) is 1. The highest BCUT2D eigenvalue weighted by molar-refractivity contribution is 6.36. The van der Waals surface area contributed by atoms with Crippen LogP contribution in [0.2, 0.25) is 10.3 Å².